The fourth-order valence-electron chi connectivity index (χ4n) is 0.477. The Hall–Kier alpha value is -0.340. The molecule has 0 aliphatic carbocycles. The number of alkyl halides is 3. The summed E-state index contributed by atoms with van der Waals surface area (Å²) in [6.07, 6.45) is -5.45. The lowest BCUT2D eigenvalue weighted by molar-refractivity contribution is -0.131. The zero-order chi connectivity index (χ0) is 8.48. The minimum absolute atomic E-state index is 0.182. The van der Waals surface area contributed by atoms with Crippen molar-refractivity contribution in [1.29, 1.82) is 0 Å². The third-order valence-electron chi connectivity index (χ3n) is 0.795. The molecule has 0 atom stereocenters. The predicted molar refractivity (Wildman–Crippen MR) is 36.8 cm³/mol. The highest BCUT2D eigenvalue weighted by Crippen LogP contribution is 2.19. The molecule has 0 aromatic carbocycles. The first-order chi connectivity index (χ1) is 4.97. The average molecular weight is 278 g/mol. The molecular weight excluding hydrogens is 276 g/mol. The van der Waals surface area contributed by atoms with E-state index in [4.69, 9.17) is 0 Å². The van der Waals surface area contributed by atoms with E-state index >= 15 is 0 Å². The molecule has 11 heavy (non-hydrogen) atoms. The Kier molecular flexibility index (Phi) is 2.35. The Balaban J connectivity index is 2.65. The van der Waals surface area contributed by atoms with Crippen LogP contribution in [-0.2, 0) is 6.42 Å². The Morgan fingerprint density at radius 3 is 2.45 bits per heavy atom. The molecule has 0 fully saturated rings. The summed E-state index contributed by atoms with van der Waals surface area (Å²) in [5.41, 5.74) is 0. The molecule has 0 aliphatic heterocycles. The van der Waals surface area contributed by atoms with Gasteiger partial charge >= 0.3 is 6.18 Å². The largest absolute Gasteiger partial charge is 0.397 e. The molecule has 0 saturated carbocycles. The molecule has 0 spiro atoms. The lowest BCUT2D eigenvalue weighted by atomic mass is 10.4. The number of rotatable bonds is 1. The fourth-order valence-corrected chi connectivity index (χ4v) is 0.845. The molecular formula is C4H2F3IN2O. The lowest BCUT2D eigenvalue weighted by Crippen LogP contribution is -2.11. The van der Waals surface area contributed by atoms with Crippen LogP contribution >= 0.6 is 22.6 Å². The molecule has 0 aliphatic rings. The summed E-state index contributed by atoms with van der Waals surface area (Å²) in [5, 5.41) is 3.20. The first-order valence-electron chi connectivity index (χ1n) is 2.52. The van der Waals surface area contributed by atoms with Gasteiger partial charge in [0.05, 0.1) is 0 Å². The fraction of sp³-hybridized carbons (Fsp3) is 0.500. The SMILES string of the molecule is FC(F)(F)Cc1nc(I)no1. The van der Waals surface area contributed by atoms with Gasteiger partial charge in [0.15, 0.2) is 0 Å². The maximum atomic E-state index is 11.6. The summed E-state index contributed by atoms with van der Waals surface area (Å²) in [5.74, 6) is -0.401. The quantitative estimate of drug-likeness (QED) is 0.735. The van der Waals surface area contributed by atoms with Crippen molar-refractivity contribution in [2.24, 2.45) is 0 Å². The molecule has 0 unspecified atom stereocenters. The van der Waals surface area contributed by atoms with E-state index in [0.717, 1.165) is 0 Å². The van der Waals surface area contributed by atoms with Crippen LogP contribution in [-0.4, -0.2) is 16.3 Å². The smallest absolute Gasteiger partial charge is 0.338 e. The minimum atomic E-state index is -4.28. The molecule has 0 saturated heterocycles. The maximum absolute atomic E-state index is 11.6. The number of hydrogen-bond acceptors (Lipinski definition) is 3. The van der Waals surface area contributed by atoms with Crippen molar-refractivity contribution in [2.75, 3.05) is 0 Å². The normalized spacial score (nSPS) is 12.0. The van der Waals surface area contributed by atoms with Crippen molar-refractivity contribution < 1.29 is 17.7 Å². The monoisotopic (exact) mass is 278 g/mol. The molecule has 0 bridgehead atoms. The van der Waals surface area contributed by atoms with Gasteiger partial charge in [-0.1, -0.05) is 5.16 Å². The second kappa shape index (κ2) is 2.95. The predicted octanol–water partition coefficient (Wildman–Crippen LogP) is 1.78. The van der Waals surface area contributed by atoms with Crippen LogP contribution in [0.5, 0.6) is 0 Å². The molecule has 1 aromatic rings. The van der Waals surface area contributed by atoms with Crippen LogP contribution in [0.3, 0.4) is 0 Å². The zero-order valence-electron chi connectivity index (χ0n) is 5.02. The molecule has 62 valence electrons. The minimum Gasteiger partial charge on any atom is -0.338 e. The highest BCUT2D eigenvalue weighted by Gasteiger charge is 2.30. The van der Waals surface area contributed by atoms with Crippen molar-refractivity contribution in [3.63, 3.8) is 0 Å². The summed E-state index contributed by atoms with van der Waals surface area (Å²) >= 11 is 1.67. The van der Waals surface area contributed by atoms with Crippen molar-refractivity contribution in [3.8, 4) is 0 Å². The van der Waals surface area contributed by atoms with Crippen molar-refractivity contribution >= 4 is 22.6 Å². The topological polar surface area (TPSA) is 38.9 Å². The summed E-state index contributed by atoms with van der Waals surface area (Å²) in [6, 6.07) is 0. The average Bonchev–Trinajstić information content (AvgIpc) is 2.10. The zero-order valence-corrected chi connectivity index (χ0v) is 7.18. The molecule has 1 heterocycles. The molecule has 0 radical (unpaired) electrons. The summed E-state index contributed by atoms with van der Waals surface area (Å²) < 4.78 is 39.3. The number of hydrogen-bond donors (Lipinski definition) is 0. The van der Waals surface area contributed by atoms with Crippen molar-refractivity contribution in [1.82, 2.24) is 10.1 Å². The van der Waals surface area contributed by atoms with E-state index in [2.05, 4.69) is 14.7 Å². The number of halogens is 4. The first kappa shape index (κ1) is 8.75. The number of aromatic nitrogens is 2. The van der Waals surface area contributed by atoms with Gasteiger partial charge in [0, 0.05) is 22.6 Å². The van der Waals surface area contributed by atoms with Gasteiger partial charge in [-0.25, -0.2) is 0 Å². The van der Waals surface area contributed by atoms with Gasteiger partial charge in [0.1, 0.15) is 6.42 Å². The van der Waals surface area contributed by atoms with Gasteiger partial charge in [-0.05, 0) is 0 Å². The Bertz CT molecular complexity index is 246. The number of nitrogens with zero attached hydrogens (tertiary/aromatic N) is 2. The van der Waals surface area contributed by atoms with E-state index in [1.165, 1.54) is 0 Å². The van der Waals surface area contributed by atoms with Gasteiger partial charge in [-0.3, -0.25) is 0 Å². The lowest BCUT2D eigenvalue weighted by Gasteiger charge is -1.99. The molecule has 1 aromatic heterocycles. The van der Waals surface area contributed by atoms with Crippen LogP contribution in [0.15, 0.2) is 4.52 Å². The van der Waals surface area contributed by atoms with Crippen LogP contribution in [0.25, 0.3) is 0 Å². The van der Waals surface area contributed by atoms with Gasteiger partial charge in [-0.2, -0.15) is 18.2 Å². The third-order valence-corrected chi connectivity index (χ3v) is 1.23. The van der Waals surface area contributed by atoms with Gasteiger partial charge < -0.3 is 4.52 Å². The van der Waals surface area contributed by atoms with Crippen LogP contribution in [0.1, 0.15) is 5.89 Å². The molecule has 0 amide bonds. The second-order valence-corrected chi connectivity index (χ2v) is 2.71. The van der Waals surface area contributed by atoms with E-state index in [1.807, 2.05) is 0 Å². The summed E-state index contributed by atoms with van der Waals surface area (Å²) in [7, 11) is 0. The molecule has 3 nitrogen and oxygen atoms in total. The Morgan fingerprint density at radius 2 is 2.09 bits per heavy atom. The summed E-state index contributed by atoms with van der Waals surface area (Å²) in [6.45, 7) is 0. The van der Waals surface area contributed by atoms with Gasteiger partial charge in [0.2, 0.25) is 9.72 Å². The van der Waals surface area contributed by atoms with Crippen molar-refractivity contribution in [2.45, 2.75) is 12.6 Å². The van der Waals surface area contributed by atoms with E-state index < -0.39 is 18.5 Å². The third kappa shape index (κ3) is 3.04. The highest BCUT2D eigenvalue weighted by atomic mass is 127. The molecule has 1 rings (SSSR count). The van der Waals surface area contributed by atoms with E-state index in [9.17, 15) is 13.2 Å². The Labute approximate surface area is 73.1 Å². The van der Waals surface area contributed by atoms with E-state index in [0.29, 0.717) is 0 Å². The van der Waals surface area contributed by atoms with Crippen LogP contribution < -0.4 is 0 Å². The maximum Gasteiger partial charge on any atom is 0.397 e. The Morgan fingerprint density at radius 1 is 1.45 bits per heavy atom. The summed E-state index contributed by atoms with van der Waals surface area (Å²) in [4.78, 5) is 3.38. The standard InChI is InChI=1S/C4H2F3IN2O/c5-4(6,7)1-2-9-3(8)10-11-2/h1H2. The second-order valence-electron chi connectivity index (χ2n) is 1.75. The van der Waals surface area contributed by atoms with Crippen molar-refractivity contribution in [3.05, 3.63) is 9.72 Å². The molecule has 0 N–H and O–H groups in total. The van der Waals surface area contributed by atoms with Gasteiger partial charge in [-0.15, -0.1) is 0 Å². The van der Waals surface area contributed by atoms with Gasteiger partial charge in [0.25, 0.3) is 0 Å². The molecule has 7 heteroatoms. The van der Waals surface area contributed by atoms with Crippen LogP contribution in [0, 0.1) is 3.83 Å². The first-order valence-corrected chi connectivity index (χ1v) is 3.60. The highest BCUT2D eigenvalue weighted by molar-refractivity contribution is 14.1. The van der Waals surface area contributed by atoms with E-state index in [1.54, 1.807) is 22.6 Å². The van der Waals surface area contributed by atoms with Crippen LogP contribution in [0.4, 0.5) is 13.2 Å². The van der Waals surface area contributed by atoms with Crippen LogP contribution in [0.2, 0.25) is 0 Å². The van der Waals surface area contributed by atoms with E-state index in [-0.39, 0.29) is 3.83 Å².